The topological polar surface area (TPSA) is 124 Å². The summed E-state index contributed by atoms with van der Waals surface area (Å²) in [4.78, 5) is 26.3. The van der Waals surface area contributed by atoms with Crippen molar-refractivity contribution in [3.8, 4) is 23.3 Å². The maximum atomic E-state index is 12.2. The number of nitrogens with two attached hydrogens (primary N) is 1. The normalized spacial score (nSPS) is 13.0. The van der Waals surface area contributed by atoms with Crippen LogP contribution in [0.2, 0.25) is 0 Å². The minimum Gasteiger partial charge on any atom is -0.497 e. The third kappa shape index (κ3) is 11.1. The number of likely N-dealkylation sites (tertiary alicyclic amines) is 1. The highest BCUT2D eigenvalue weighted by Crippen LogP contribution is 2.34. The molecule has 11 heteroatoms. The number of carbonyl (C=O) groups is 1. The third-order valence-corrected chi connectivity index (χ3v) is 8.01. The Kier molecular flexibility index (Phi) is 14.2. The molecule has 0 unspecified atom stereocenters. The van der Waals surface area contributed by atoms with Crippen molar-refractivity contribution >= 4 is 11.9 Å². The van der Waals surface area contributed by atoms with Crippen LogP contribution in [0.15, 0.2) is 48.5 Å². The summed E-state index contributed by atoms with van der Waals surface area (Å²) in [5, 5.41) is 3.49. The summed E-state index contributed by atoms with van der Waals surface area (Å²) in [6, 6.07) is 15.9. The van der Waals surface area contributed by atoms with Crippen molar-refractivity contribution in [3.63, 3.8) is 0 Å². The summed E-state index contributed by atoms with van der Waals surface area (Å²) in [6.45, 7) is 8.30. The molecule has 1 aliphatic heterocycles. The van der Waals surface area contributed by atoms with E-state index in [-0.39, 0.29) is 11.8 Å². The highest BCUT2D eigenvalue weighted by atomic mass is 16.6. The molecule has 0 bridgehead atoms. The van der Waals surface area contributed by atoms with E-state index < -0.39 is 6.09 Å². The van der Waals surface area contributed by atoms with Crippen molar-refractivity contribution in [1.29, 1.82) is 0 Å². The Hall–Kier alpha value is -4.09. The molecule has 2 heterocycles. The molecule has 0 aliphatic carbocycles. The number of benzene rings is 2. The number of aromatic nitrogens is 2. The van der Waals surface area contributed by atoms with E-state index in [4.69, 9.17) is 34.6 Å². The van der Waals surface area contributed by atoms with E-state index in [1.807, 2.05) is 53.4 Å². The van der Waals surface area contributed by atoms with Crippen LogP contribution in [-0.4, -0.2) is 68.0 Å². The number of hydrogen-bond acceptors (Lipinski definition) is 10. The van der Waals surface area contributed by atoms with Crippen LogP contribution in [0.5, 0.6) is 23.3 Å². The lowest BCUT2D eigenvalue weighted by Crippen LogP contribution is -2.28. The molecular weight excluding hydrogens is 584 g/mol. The van der Waals surface area contributed by atoms with E-state index in [0.29, 0.717) is 37.8 Å². The number of nitrogens with one attached hydrogen (secondary N) is 1. The predicted molar refractivity (Wildman–Crippen MR) is 180 cm³/mol. The summed E-state index contributed by atoms with van der Waals surface area (Å²) < 4.78 is 22.4. The number of primary amides is 1. The zero-order valence-electron chi connectivity index (χ0n) is 27.6. The second-order valence-electron chi connectivity index (χ2n) is 11.6. The second kappa shape index (κ2) is 18.8. The first-order valence-electron chi connectivity index (χ1n) is 16.4. The molecule has 1 saturated heterocycles. The minimum absolute atomic E-state index is 0.221. The zero-order valence-corrected chi connectivity index (χ0v) is 27.6. The number of anilines is 1. The average molecular weight is 635 g/mol. The van der Waals surface area contributed by atoms with E-state index in [1.165, 1.54) is 38.9 Å². The minimum atomic E-state index is -0.929. The van der Waals surface area contributed by atoms with E-state index in [0.717, 1.165) is 54.9 Å². The number of unbranched alkanes of at least 4 members (excludes halogenated alkanes) is 3. The number of amides is 1. The summed E-state index contributed by atoms with van der Waals surface area (Å²) in [5.74, 6) is 2.18. The summed E-state index contributed by atoms with van der Waals surface area (Å²) in [5.41, 5.74) is 8.15. The molecule has 0 atom stereocenters. The largest absolute Gasteiger partial charge is 0.497 e. The molecule has 0 spiro atoms. The number of rotatable bonds is 20. The predicted octanol–water partition coefficient (Wildman–Crippen LogP) is 5.69. The van der Waals surface area contributed by atoms with Gasteiger partial charge < -0.3 is 39.8 Å². The van der Waals surface area contributed by atoms with Gasteiger partial charge in [0.25, 0.3) is 0 Å². The van der Waals surface area contributed by atoms with Crippen LogP contribution in [0.4, 0.5) is 10.6 Å². The van der Waals surface area contributed by atoms with Gasteiger partial charge in [-0.3, -0.25) is 0 Å². The van der Waals surface area contributed by atoms with Crippen LogP contribution in [0, 0.1) is 0 Å². The lowest BCUT2D eigenvalue weighted by atomic mass is 10.1. The maximum Gasteiger partial charge on any atom is 0.410 e. The Balaban J connectivity index is 1.60. The lowest BCUT2D eigenvalue weighted by molar-refractivity contribution is 0.209. The monoisotopic (exact) mass is 634 g/mol. The fourth-order valence-corrected chi connectivity index (χ4v) is 5.46. The zero-order chi connectivity index (χ0) is 32.6. The first kappa shape index (κ1) is 34.8. The number of ether oxygens (including phenoxy) is 4. The van der Waals surface area contributed by atoms with E-state index in [9.17, 15) is 4.79 Å². The molecule has 1 amide bonds. The molecule has 0 radical (unpaired) electrons. The van der Waals surface area contributed by atoms with Crippen molar-refractivity contribution in [2.24, 2.45) is 5.73 Å². The van der Waals surface area contributed by atoms with Gasteiger partial charge in [0.05, 0.1) is 20.8 Å². The van der Waals surface area contributed by atoms with Crippen LogP contribution >= 0.6 is 0 Å². The van der Waals surface area contributed by atoms with Crippen LogP contribution in [-0.2, 0) is 19.6 Å². The van der Waals surface area contributed by atoms with E-state index in [1.54, 1.807) is 14.2 Å². The Morgan fingerprint density at radius 2 is 1.52 bits per heavy atom. The Morgan fingerprint density at radius 3 is 2.09 bits per heavy atom. The van der Waals surface area contributed by atoms with Crippen LogP contribution < -0.4 is 34.9 Å². The smallest absolute Gasteiger partial charge is 0.410 e. The second-order valence-corrected chi connectivity index (χ2v) is 11.6. The Morgan fingerprint density at radius 1 is 0.891 bits per heavy atom. The van der Waals surface area contributed by atoms with Crippen molar-refractivity contribution in [2.75, 3.05) is 51.9 Å². The highest BCUT2D eigenvalue weighted by Gasteiger charge is 2.24. The summed E-state index contributed by atoms with van der Waals surface area (Å²) in [7, 11) is 3.28. The standard InChI is InChI=1S/C35H50N6O5/c1-4-5-23-45-35-38-31(24-37-19-7-6-8-20-40-21-9-10-22-40)32(46-34(36)42)33(39-35)41(25-27-11-15-29(43-2)16-12-27)26-28-13-17-30(44-3)18-14-28/h11-18,37H,4-10,19-26H2,1-3H3,(H2,36,42). The van der Waals surface area contributed by atoms with Gasteiger partial charge in [0.1, 0.15) is 17.2 Å². The SMILES string of the molecule is CCCCOc1nc(CNCCCCCN2CCCC2)c(OC(N)=O)c(N(Cc2ccc(OC)cc2)Cc2ccc(OC)cc2)n1. The third-order valence-electron chi connectivity index (χ3n) is 8.01. The molecule has 46 heavy (non-hydrogen) atoms. The van der Waals surface area contributed by atoms with Gasteiger partial charge in [0.2, 0.25) is 0 Å². The van der Waals surface area contributed by atoms with Crippen molar-refractivity contribution in [2.45, 2.75) is 71.5 Å². The molecular formula is C35H50N6O5. The molecule has 3 N–H and O–H groups in total. The van der Waals surface area contributed by atoms with Gasteiger partial charge in [-0.25, -0.2) is 4.79 Å². The lowest BCUT2D eigenvalue weighted by Gasteiger charge is -2.27. The van der Waals surface area contributed by atoms with Crippen LogP contribution in [0.25, 0.3) is 0 Å². The average Bonchev–Trinajstić information content (AvgIpc) is 3.59. The van der Waals surface area contributed by atoms with Gasteiger partial charge >= 0.3 is 12.1 Å². The quantitative estimate of drug-likeness (QED) is 0.150. The maximum absolute atomic E-state index is 12.2. The molecule has 250 valence electrons. The van der Waals surface area contributed by atoms with E-state index in [2.05, 4.69) is 17.1 Å². The fourth-order valence-electron chi connectivity index (χ4n) is 5.46. The molecule has 3 aromatic rings. The molecule has 2 aromatic carbocycles. The van der Waals surface area contributed by atoms with Crippen molar-refractivity contribution in [3.05, 3.63) is 65.4 Å². The van der Waals surface area contributed by atoms with Gasteiger partial charge in [0, 0.05) is 19.6 Å². The number of nitrogens with zero attached hydrogens (tertiary/aromatic N) is 4. The van der Waals surface area contributed by atoms with Gasteiger partial charge in [0.15, 0.2) is 11.6 Å². The molecule has 1 fully saturated rings. The number of methoxy groups -OCH3 is 2. The highest BCUT2D eigenvalue weighted by molar-refractivity contribution is 5.72. The first-order valence-corrected chi connectivity index (χ1v) is 16.4. The van der Waals surface area contributed by atoms with Gasteiger partial charge in [-0.2, -0.15) is 9.97 Å². The Bertz CT molecular complexity index is 1280. The van der Waals surface area contributed by atoms with Crippen LogP contribution in [0.3, 0.4) is 0 Å². The molecule has 0 saturated carbocycles. The van der Waals surface area contributed by atoms with Gasteiger partial charge in [-0.1, -0.05) is 44.0 Å². The van der Waals surface area contributed by atoms with Crippen molar-refractivity contribution < 1.29 is 23.7 Å². The van der Waals surface area contributed by atoms with E-state index >= 15 is 0 Å². The molecule has 1 aromatic heterocycles. The first-order chi connectivity index (χ1) is 22.5. The van der Waals surface area contributed by atoms with Crippen LogP contribution in [0.1, 0.15) is 68.7 Å². The molecule has 1 aliphatic rings. The fraction of sp³-hybridized carbons (Fsp3) is 0.514. The number of carbonyl (C=O) groups excluding carboxylic acids is 1. The van der Waals surface area contributed by atoms with Crippen molar-refractivity contribution in [1.82, 2.24) is 20.2 Å². The summed E-state index contributed by atoms with van der Waals surface area (Å²) >= 11 is 0. The molecule has 11 nitrogen and oxygen atoms in total. The molecule has 4 rings (SSSR count). The Labute approximate surface area is 273 Å². The van der Waals surface area contributed by atoms with Gasteiger partial charge in [-0.15, -0.1) is 0 Å². The number of hydrogen-bond donors (Lipinski definition) is 2. The van der Waals surface area contributed by atoms with Gasteiger partial charge in [-0.05, 0) is 93.7 Å². The summed E-state index contributed by atoms with van der Waals surface area (Å²) in [6.07, 6.45) is 6.93.